The second-order valence-corrected chi connectivity index (χ2v) is 8.68. The van der Waals surface area contributed by atoms with E-state index in [4.69, 9.17) is 11.6 Å². The predicted octanol–water partition coefficient (Wildman–Crippen LogP) is 3.23. The van der Waals surface area contributed by atoms with Crippen LogP contribution in [0.3, 0.4) is 0 Å². The number of nitrogens with zero attached hydrogens (tertiary/aromatic N) is 3. The van der Waals surface area contributed by atoms with Crippen LogP contribution < -0.4 is 10.2 Å². The average molecular weight is 423 g/mol. The zero-order valence-corrected chi connectivity index (χ0v) is 17.3. The molecule has 0 aliphatic carbocycles. The number of benzene rings is 1. The molecule has 154 valence electrons. The van der Waals surface area contributed by atoms with Gasteiger partial charge in [-0.3, -0.25) is 9.59 Å². The van der Waals surface area contributed by atoms with Crippen LogP contribution in [0.2, 0.25) is 5.02 Å². The molecule has 3 aliphatic rings. The van der Waals surface area contributed by atoms with Crippen LogP contribution >= 0.6 is 11.6 Å². The van der Waals surface area contributed by atoms with E-state index in [1.807, 2.05) is 35.2 Å². The average Bonchev–Trinajstić information content (AvgIpc) is 3.31. The highest BCUT2D eigenvalue weighted by atomic mass is 35.5. The van der Waals surface area contributed by atoms with Gasteiger partial charge in [0, 0.05) is 56.7 Å². The molecule has 0 radical (unpaired) electrons. The largest absolute Gasteiger partial charge is 0.370 e. The van der Waals surface area contributed by atoms with E-state index < -0.39 is 0 Å². The Labute approximate surface area is 180 Å². The van der Waals surface area contributed by atoms with Crippen LogP contribution in [0.4, 0.5) is 11.5 Å². The number of carbonyl (C=O) groups is 2. The van der Waals surface area contributed by atoms with Gasteiger partial charge in [0.05, 0.1) is 10.7 Å². The molecule has 2 saturated heterocycles. The molecule has 1 aromatic heterocycles. The van der Waals surface area contributed by atoms with Crippen molar-refractivity contribution < 1.29 is 9.59 Å². The monoisotopic (exact) mass is 422 g/mol. The number of anilines is 2. The summed E-state index contributed by atoms with van der Waals surface area (Å²) in [4.78, 5) is 32.8. The van der Waals surface area contributed by atoms with E-state index in [9.17, 15) is 9.59 Å². The van der Waals surface area contributed by atoms with Gasteiger partial charge in [-0.1, -0.05) is 23.7 Å². The molecule has 6 nitrogen and oxygen atoms in total. The minimum Gasteiger partial charge on any atom is -0.370 e. The number of hydrogen-bond acceptors (Lipinski definition) is 4. The van der Waals surface area contributed by atoms with Crippen molar-refractivity contribution in [3.05, 3.63) is 58.8 Å². The highest BCUT2D eigenvalue weighted by molar-refractivity contribution is 6.33. The summed E-state index contributed by atoms with van der Waals surface area (Å²) in [6.07, 6.45) is 6.30. The van der Waals surface area contributed by atoms with Gasteiger partial charge in [0.1, 0.15) is 5.82 Å². The van der Waals surface area contributed by atoms with E-state index in [-0.39, 0.29) is 11.8 Å². The standard InChI is InChI=1S/C23H23ClN4O2/c24-19-3-1-2-4-20(19)27-11-17-13-28(14-18(17)12-27)22(30)8-5-15-9-16-6-7-21(29)26-23(16)25-10-15/h1-5,8-10,17-18H,6-7,11-14H2,(H,25,26,29). The summed E-state index contributed by atoms with van der Waals surface area (Å²) in [6, 6.07) is 9.94. The predicted molar refractivity (Wildman–Crippen MR) is 117 cm³/mol. The maximum atomic E-state index is 12.7. The third-order valence-electron chi connectivity index (χ3n) is 6.28. The molecule has 30 heavy (non-hydrogen) atoms. The van der Waals surface area contributed by atoms with Crippen molar-refractivity contribution in [2.75, 3.05) is 36.4 Å². The molecular formula is C23H23ClN4O2. The number of para-hydroxylation sites is 1. The van der Waals surface area contributed by atoms with Crippen LogP contribution in [-0.2, 0) is 16.0 Å². The third kappa shape index (κ3) is 3.67. The summed E-state index contributed by atoms with van der Waals surface area (Å²) in [7, 11) is 0. The smallest absolute Gasteiger partial charge is 0.246 e. The van der Waals surface area contributed by atoms with Crippen molar-refractivity contribution in [1.82, 2.24) is 9.88 Å². The Morgan fingerprint density at radius 3 is 2.67 bits per heavy atom. The van der Waals surface area contributed by atoms with Crippen LogP contribution in [0, 0.1) is 11.8 Å². The van der Waals surface area contributed by atoms with Crippen molar-refractivity contribution in [1.29, 1.82) is 0 Å². The summed E-state index contributed by atoms with van der Waals surface area (Å²) >= 11 is 6.35. The quantitative estimate of drug-likeness (QED) is 0.771. The molecular weight excluding hydrogens is 400 g/mol. The Kier molecular flexibility index (Phi) is 4.95. The number of fused-ring (bicyclic) bond motifs is 2. The van der Waals surface area contributed by atoms with Crippen LogP contribution in [0.5, 0.6) is 0 Å². The molecule has 2 fully saturated rings. The maximum Gasteiger partial charge on any atom is 0.246 e. The first kappa shape index (κ1) is 19.1. The zero-order chi connectivity index (χ0) is 20.7. The fourth-order valence-corrected chi connectivity index (χ4v) is 4.97. The van der Waals surface area contributed by atoms with Crippen LogP contribution in [-0.4, -0.2) is 47.9 Å². The number of nitrogens with one attached hydrogen (secondary N) is 1. The number of carbonyl (C=O) groups excluding carboxylic acids is 2. The summed E-state index contributed by atoms with van der Waals surface area (Å²) in [5.74, 6) is 1.63. The lowest BCUT2D eigenvalue weighted by molar-refractivity contribution is -0.125. The summed E-state index contributed by atoms with van der Waals surface area (Å²) in [5, 5.41) is 3.56. The summed E-state index contributed by atoms with van der Waals surface area (Å²) < 4.78 is 0. The van der Waals surface area contributed by atoms with Crippen molar-refractivity contribution in [2.24, 2.45) is 11.8 Å². The van der Waals surface area contributed by atoms with E-state index in [1.54, 1.807) is 12.3 Å². The highest BCUT2D eigenvalue weighted by Crippen LogP contribution is 2.36. The maximum absolute atomic E-state index is 12.7. The Hall–Kier alpha value is -2.86. The molecule has 1 N–H and O–H groups in total. The molecule has 2 atom stereocenters. The van der Waals surface area contributed by atoms with Crippen molar-refractivity contribution in [2.45, 2.75) is 12.8 Å². The lowest BCUT2D eigenvalue weighted by atomic mass is 10.0. The summed E-state index contributed by atoms with van der Waals surface area (Å²) in [6.45, 7) is 3.43. The molecule has 1 aromatic carbocycles. The first-order valence-corrected chi connectivity index (χ1v) is 10.7. The minimum absolute atomic E-state index is 0.00107. The van der Waals surface area contributed by atoms with Crippen LogP contribution in [0.15, 0.2) is 42.6 Å². The number of aromatic nitrogens is 1. The molecule has 3 aliphatic heterocycles. The third-order valence-corrected chi connectivity index (χ3v) is 6.60. The number of likely N-dealkylation sites (tertiary alicyclic amines) is 1. The lowest BCUT2D eigenvalue weighted by Gasteiger charge is -2.23. The molecule has 0 spiro atoms. The molecule has 2 aromatic rings. The first-order chi connectivity index (χ1) is 14.6. The zero-order valence-electron chi connectivity index (χ0n) is 16.6. The van der Waals surface area contributed by atoms with Crippen LogP contribution in [0.1, 0.15) is 17.5 Å². The first-order valence-electron chi connectivity index (χ1n) is 10.3. The highest BCUT2D eigenvalue weighted by Gasteiger charge is 2.41. The number of pyridine rings is 1. The topological polar surface area (TPSA) is 65.5 Å². The van der Waals surface area contributed by atoms with E-state index >= 15 is 0 Å². The Balaban J connectivity index is 1.20. The number of rotatable bonds is 3. The van der Waals surface area contributed by atoms with E-state index in [0.717, 1.165) is 48.0 Å². The SMILES string of the molecule is O=C1CCc2cc(C=CC(=O)N3CC4CN(c5ccccc5Cl)CC4C3)cnc2N1. The van der Waals surface area contributed by atoms with Gasteiger partial charge in [-0.05, 0) is 41.8 Å². The van der Waals surface area contributed by atoms with Gasteiger partial charge in [-0.25, -0.2) is 4.98 Å². The van der Waals surface area contributed by atoms with Gasteiger partial charge in [0.15, 0.2) is 0 Å². The number of amides is 2. The van der Waals surface area contributed by atoms with Crippen molar-refractivity contribution in [3.8, 4) is 0 Å². The second-order valence-electron chi connectivity index (χ2n) is 8.28. The Morgan fingerprint density at radius 1 is 1.13 bits per heavy atom. The van der Waals surface area contributed by atoms with E-state index in [1.165, 1.54) is 0 Å². The molecule has 0 saturated carbocycles. The molecule has 2 amide bonds. The fraction of sp³-hybridized carbons (Fsp3) is 0.348. The second kappa shape index (κ2) is 7.76. The van der Waals surface area contributed by atoms with Gasteiger partial charge in [-0.15, -0.1) is 0 Å². The van der Waals surface area contributed by atoms with Gasteiger partial charge >= 0.3 is 0 Å². The van der Waals surface area contributed by atoms with Gasteiger partial charge in [0.25, 0.3) is 0 Å². The van der Waals surface area contributed by atoms with Crippen molar-refractivity contribution in [3.63, 3.8) is 0 Å². The van der Waals surface area contributed by atoms with E-state index in [0.29, 0.717) is 30.5 Å². The number of hydrogen-bond donors (Lipinski definition) is 1. The Morgan fingerprint density at radius 2 is 1.90 bits per heavy atom. The number of halogens is 1. The van der Waals surface area contributed by atoms with Gasteiger partial charge in [0.2, 0.25) is 11.8 Å². The Bertz CT molecular complexity index is 1020. The normalized spacial score (nSPS) is 22.9. The molecule has 4 heterocycles. The lowest BCUT2D eigenvalue weighted by Crippen LogP contribution is -2.32. The molecule has 2 unspecified atom stereocenters. The number of aryl methyl sites for hydroxylation is 1. The minimum atomic E-state index is 0.00107. The van der Waals surface area contributed by atoms with Gasteiger partial charge < -0.3 is 15.1 Å². The van der Waals surface area contributed by atoms with E-state index in [2.05, 4.69) is 21.3 Å². The molecule has 0 bridgehead atoms. The summed E-state index contributed by atoms with van der Waals surface area (Å²) in [5.41, 5.74) is 2.98. The van der Waals surface area contributed by atoms with Crippen molar-refractivity contribution >= 4 is 41.0 Å². The molecule has 5 rings (SSSR count). The van der Waals surface area contributed by atoms with Crippen LogP contribution in [0.25, 0.3) is 6.08 Å². The van der Waals surface area contributed by atoms with Gasteiger partial charge in [-0.2, -0.15) is 0 Å². The molecule has 7 heteroatoms. The fourth-order valence-electron chi connectivity index (χ4n) is 4.72.